The van der Waals surface area contributed by atoms with Crippen LogP contribution in [0.3, 0.4) is 0 Å². The molecule has 0 saturated carbocycles. The first-order valence-corrected chi connectivity index (χ1v) is 13.5. The number of hydrogen-bond acceptors (Lipinski definition) is 7. The largest absolute Gasteiger partial charge is 0.496 e. The van der Waals surface area contributed by atoms with E-state index >= 15 is 0 Å². The summed E-state index contributed by atoms with van der Waals surface area (Å²) in [6.07, 6.45) is 3.70. The summed E-state index contributed by atoms with van der Waals surface area (Å²) >= 11 is 1.10. The van der Waals surface area contributed by atoms with E-state index in [1.54, 1.807) is 32.4 Å². The Morgan fingerprint density at radius 2 is 1.37 bits per heavy atom. The van der Waals surface area contributed by atoms with Crippen molar-refractivity contribution in [1.29, 1.82) is 0 Å². The van der Waals surface area contributed by atoms with Crippen LogP contribution in [0.5, 0.6) is 11.5 Å². The van der Waals surface area contributed by atoms with Crippen molar-refractivity contribution in [3.63, 3.8) is 0 Å². The third kappa shape index (κ3) is 5.55. The second-order valence-electron chi connectivity index (χ2n) is 9.33. The SMILES string of the molecule is COc1ccccc1CC1OC2(C=CC(=O)CC2SC(=O)c2ccccc2)OC1Cc1ccccc1OC. The van der Waals surface area contributed by atoms with E-state index in [0.717, 1.165) is 34.4 Å². The second kappa shape index (κ2) is 11.6. The molecule has 1 aliphatic carbocycles. The van der Waals surface area contributed by atoms with Crippen LogP contribution < -0.4 is 9.47 Å². The van der Waals surface area contributed by atoms with Gasteiger partial charge in [-0.05, 0) is 35.4 Å². The Labute approximate surface area is 226 Å². The predicted octanol–water partition coefficient (Wildman–Crippen LogP) is 5.44. The maximum atomic E-state index is 13.2. The van der Waals surface area contributed by atoms with Crippen LogP contribution in [-0.2, 0) is 27.1 Å². The number of benzene rings is 3. The van der Waals surface area contributed by atoms with Crippen LogP contribution >= 0.6 is 11.8 Å². The lowest BCUT2D eigenvalue weighted by atomic mass is 9.97. The fraction of sp³-hybridized carbons (Fsp3) is 0.290. The molecule has 3 unspecified atom stereocenters. The summed E-state index contributed by atoms with van der Waals surface area (Å²) < 4.78 is 24.6. The first kappa shape index (κ1) is 26.2. The minimum atomic E-state index is -1.22. The summed E-state index contributed by atoms with van der Waals surface area (Å²) in [6.45, 7) is 0. The molecule has 3 aromatic carbocycles. The van der Waals surface area contributed by atoms with Crippen molar-refractivity contribution in [2.45, 2.75) is 42.5 Å². The zero-order valence-corrected chi connectivity index (χ0v) is 22.2. The van der Waals surface area contributed by atoms with Gasteiger partial charge in [-0.1, -0.05) is 78.5 Å². The molecule has 3 atom stereocenters. The summed E-state index contributed by atoms with van der Waals surface area (Å²) in [6, 6.07) is 24.7. The fourth-order valence-electron chi connectivity index (χ4n) is 5.01. The van der Waals surface area contributed by atoms with Gasteiger partial charge in [0.05, 0.1) is 31.7 Å². The summed E-state index contributed by atoms with van der Waals surface area (Å²) in [5.41, 5.74) is 2.56. The van der Waals surface area contributed by atoms with Crippen LogP contribution in [-0.4, -0.2) is 48.4 Å². The van der Waals surface area contributed by atoms with Crippen LogP contribution in [0.4, 0.5) is 0 Å². The molecular weight excluding hydrogens is 500 g/mol. The number of allylic oxidation sites excluding steroid dienone is 1. The summed E-state index contributed by atoms with van der Waals surface area (Å²) in [5.74, 6) is 0.262. The molecule has 0 bridgehead atoms. The lowest BCUT2D eigenvalue weighted by Crippen LogP contribution is -2.45. The molecule has 1 spiro atoms. The zero-order valence-electron chi connectivity index (χ0n) is 21.4. The molecule has 6 nitrogen and oxygen atoms in total. The standard InChI is InChI=1S/C31H30O6S/c1-34-25-14-8-6-12-22(25)18-27-28(19-23-13-7-9-15-26(23)35-2)37-31(36-27)17-16-24(32)20-29(31)38-30(33)21-10-4-3-5-11-21/h3-17,27-29H,18-20H2,1-2H3. The lowest BCUT2D eigenvalue weighted by Gasteiger charge is -2.34. The van der Waals surface area contributed by atoms with Crippen LogP contribution in [0.1, 0.15) is 27.9 Å². The molecule has 0 amide bonds. The molecule has 1 aliphatic heterocycles. The van der Waals surface area contributed by atoms with Crippen molar-refractivity contribution < 1.29 is 28.5 Å². The van der Waals surface area contributed by atoms with Gasteiger partial charge in [-0.3, -0.25) is 9.59 Å². The van der Waals surface area contributed by atoms with Gasteiger partial charge in [0, 0.05) is 24.8 Å². The third-order valence-corrected chi connectivity index (χ3v) is 8.14. The van der Waals surface area contributed by atoms with E-state index in [0.29, 0.717) is 18.4 Å². The highest BCUT2D eigenvalue weighted by Gasteiger charge is 2.53. The normalized spacial score (nSPS) is 24.5. The molecule has 2 aliphatic rings. The number of para-hydroxylation sites is 2. The molecule has 7 heteroatoms. The second-order valence-corrected chi connectivity index (χ2v) is 10.5. The van der Waals surface area contributed by atoms with Crippen molar-refractivity contribution in [3.05, 3.63) is 108 Å². The number of hydrogen-bond donors (Lipinski definition) is 0. The first-order chi connectivity index (χ1) is 18.5. The van der Waals surface area contributed by atoms with Crippen molar-refractivity contribution in [1.82, 2.24) is 0 Å². The van der Waals surface area contributed by atoms with Gasteiger partial charge in [-0.25, -0.2) is 0 Å². The molecule has 196 valence electrons. The third-order valence-electron chi connectivity index (χ3n) is 6.91. The first-order valence-electron chi connectivity index (χ1n) is 12.6. The number of thioether (sulfide) groups is 1. The van der Waals surface area contributed by atoms with Crippen molar-refractivity contribution in [2.75, 3.05) is 14.2 Å². The van der Waals surface area contributed by atoms with Crippen molar-refractivity contribution >= 4 is 22.7 Å². The van der Waals surface area contributed by atoms with E-state index in [1.165, 1.54) is 6.08 Å². The van der Waals surface area contributed by atoms with E-state index in [9.17, 15) is 9.59 Å². The highest BCUT2D eigenvalue weighted by molar-refractivity contribution is 8.14. The summed E-state index contributed by atoms with van der Waals surface area (Å²) in [4.78, 5) is 25.6. The van der Waals surface area contributed by atoms with Gasteiger partial charge in [-0.2, -0.15) is 0 Å². The van der Waals surface area contributed by atoms with Crippen LogP contribution in [0.15, 0.2) is 91.0 Å². The van der Waals surface area contributed by atoms with Gasteiger partial charge in [0.15, 0.2) is 5.78 Å². The van der Waals surface area contributed by atoms with Gasteiger partial charge in [0.1, 0.15) is 11.5 Å². The molecular formula is C31H30O6S. The molecule has 1 saturated heterocycles. The summed E-state index contributed by atoms with van der Waals surface area (Å²) in [5, 5.41) is -0.657. The molecule has 1 fully saturated rings. The highest BCUT2D eigenvalue weighted by atomic mass is 32.2. The Bertz CT molecular complexity index is 1260. The Balaban J connectivity index is 1.47. The van der Waals surface area contributed by atoms with Gasteiger partial charge in [0.25, 0.3) is 0 Å². The van der Waals surface area contributed by atoms with E-state index in [2.05, 4.69) is 0 Å². The van der Waals surface area contributed by atoms with Crippen LogP contribution in [0.2, 0.25) is 0 Å². The molecule has 0 aromatic heterocycles. The number of methoxy groups -OCH3 is 2. The van der Waals surface area contributed by atoms with Crippen LogP contribution in [0, 0.1) is 0 Å². The minimum Gasteiger partial charge on any atom is -0.496 e. The predicted molar refractivity (Wildman–Crippen MR) is 147 cm³/mol. The molecule has 1 heterocycles. The fourth-order valence-corrected chi connectivity index (χ4v) is 6.14. The molecule has 3 aromatic rings. The van der Waals surface area contributed by atoms with Crippen LogP contribution in [0.25, 0.3) is 0 Å². The summed E-state index contributed by atoms with van der Waals surface area (Å²) in [7, 11) is 3.30. The lowest BCUT2D eigenvalue weighted by molar-refractivity contribution is -0.146. The van der Waals surface area contributed by atoms with E-state index in [1.807, 2.05) is 66.7 Å². The molecule has 0 radical (unpaired) electrons. The van der Waals surface area contributed by atoms with E-state index in [4.69, 9.17) is 18.9 Å². The van der Waals surface area contributed by atoms with Gasteiger partial charge in [-0.15, -0.1) is 0 Å². The van der Waals surface area contributed by atoms with E-state index in [-0.39, 0.29) is 29.5 Å². The zero-order chi connectivity index (χ0) is 26.5. The number of ketones is 1. The van der Waals surface area contributed by atoms with Gasteiger partial charge < -0.3 is 18.9 Å². The minimum absolute atomic E-state index is 0.0596. The maximum Gasteiger partial charge on any atom is 0.219 e. The average molecular weight is 531 g/mol. The number of rotatable bonds is 8. The highest BCUT2D eigenvalue weighted by Crippen LogP contribution is 2.45. The van der Waals surface area contributed by atoms with Gasteiger partial charge in [0.2, 0.25) is 10.9 Å². The Morgan fingerprint density at radius 1 is 0.842 bits per heavy atom. The monoisotopic (exact) mass is 530 g/mol. The smallest absolute Gasteiger partial charge is 0.219 e. The quantitative estimate of drug-likeness (QED) is 0.384. The number of ether oxygens (including phenoxy) is 4. The topological polar surface area (TPSA) is 71.1 Å². The molecule has 0 N–H and O–H groups in total. The van der Waals surface area contributed by atoms with Crippen molar-refractivity contribution in [3.8, 4) is 11.5 Å². The Kier molecular flexibility index (Phi) is 7.98. The van der Waals surface area contributed by atoms with E-state index < -0.39 is 11.0 Å². The number of carbonyl (C=O) groups is 2. The van der Waals surface area contributed by atoms with Crippen molar-refractivity contribution in [2.24, 2.45) is 0 Å². The Hall–Kier alpha value is -3.39. The van der Waals surface area contributed by atoms with Gasteiger partial charge >= 0.3 is 0 Å². The molecule has 38 heavy (non-hydrogen) atoms. The molecule has 5 rings (SSSR count). The maximum absolute atomic E-state index is 13.2. The average Bonchev–Trinajstić information content (AvgIpc) is 3.29. The number of carbonyl (C=O) groups excluding carboxylic acids is 2. The Morgan fingerprint density at radius 3 is 1.92 bits per heavy atom.